The van der Waals surface area contributed by atoms with Crippen molar-refractivity contribution in [3.63, 3.8) is 0 Å². The third kappa shape index (κ3) is 3.40. The number of nitrogens with zero attached hydrogens (tertiary/aromatic N) is 1. The SMILES string of the molecule is CCOCCOc1cccc2oc(-c3cccnc3)cc(=O)c12. The van der Waals surface area contributed by atoms with Gasteiger partial charge in [-0.05, 0) is 31.2 Å². The van der Waals surface area contributed by atoms with E-state index in [1.165, 1.54) is 6.07 Å². The lowest BCUT2D eigenvalue weighted by molar-refractivity contribution is 0.110. The predicted molar refractivity (Wildman–Crippen MR) is 87.7 cm³/mol. The van der Waals surface area contributed by atoms with Crippen LogP contribution in [0, 0.1) is 0 Å². The molecule has 0 radical (unpaired) electrons. The number of rotatable bonds is 6. The van der Waals surface area contributed by atoms with Gasteiger partial charge in [-0.2, -0.15) is 0 Å². The van der Waals surface area contributed by atoms with Gasteiger partial charge < -0.3 is 13.9 Å². The van der Waals surface area contributed by atoms with Crippen molar-refractivity contribution in [3.05, 3.63) is 59.0 Å². The molecule has 2 aromatic heterocycles. The van der Waals surface area contributed by atoms with Crippen LogP contribution in [0.5, 0.6) is 5.75 Å². The zero-order valence-corrected chi connectivity index (χ0v) is 12.8. The average Bonchev–Trinajstić information content (AvgIpc) is 2.59. The highest BCUT2D eigenvalue weighted by Crippen LogP contribution is 2.26. The second kappa shape index (κ2) is 7.07. The molecule has 5 heteroatoms. The summed E-state index contributed by atoms with van der Waals surface area (Å²) in [5.74, 6) is 0.996. The molecule has 3 aromatic rings. The van der Waals surface area contributed by atoms with Gasteiger partial charge in [0.05, 0.1) is 6.61 Å². The maximum absolute atomic E-state index is 12.5. The van der Waals surface area contributed by atoms with E-state index in [4.69, 9.17) is 13.9 Å². The average molecular weight is 311 g/mol. The van der Waals surface area contributed by atoms with Crippen molar-refractivity contribution in [3.8, 4) is 17.1 Å². The Morgan fingerprint density at radius 3 is 2.87 bits per heavy atom. The second-order valence-electron chi connectivity index (χ2n) is 4.89. The molecule has 0 aliphatic carbocycles. The molecule has 0 fully saturated rings. The fraction of sp³-hybridized carbons (Fsp3) is 0.222. The van der Waals surface area contributed by atoms with E-state index in [0.29, 0.717) is 42.3 Å². The largest absolute Gasteiger partial charge is 0.490 e. The van der Waals surface area contributed by atoms with Crippen LogP contribution in [-0.4, -0.2) is 24.8 Å². The summed E-state index contributed by atoms with van der Waals surface area (Å²) in [7, 11) is 0. The first kappa shape index (κ1) is 15.2. The highest BCUT2D eigenvalue weighted by atomic mass is 16.5. The molecule has 1 aromatic carbocycles. The summed E-state index contributed by atoms with van der Waals surface area (Å²) >= 11 is 0. The molecule has 23 heavy (non-hydrogen) atoms. The Morgan fingerprint density at radius 2 is 2.09 bits per heavy atom. The summed E-state index contributed by atoms with van der Waals surface area (Å²) in [4.78, 5) is 16.5. The van der Waals surface area contributed by atoms with Crippen LogP contribution in [0.15, 0.2) is 58.0 Å². The van der Waals surface area contributed by atoms with Crippen LogP contribution in [-0.2, 0) is 4.74 Å². The van der Waals surface area contributed by atoms with Crippen LogP contribution in [0.25, 0.3) is 22.3 Å². The number of pyridine rings is 1. The van der Waals surface area contributed by atoms with Gasteiger partial charge in [-0.25, -0.2) is 0 Å². The van der Waals surface area contributed by atoms with Crippen LogP contribution in [0.3, 0.4) is 0 Å². The zero-order chi connectivity index (χ0) is 16.1. The van der Waals surface area contributed by atoms with Crippen molar-refractivity contribution in [2.24, 2.45) is 0 Å². The molecule has 0 bridgehead atoms. The number of ether oxygens (including phenoxy) is 2. The maximum atomic E-state index is 12.5. The third-order valence-corrected chi connectivity index (χ3v) is 3.35. The Morgan fingerprint density at radius 1 is 1.17 bits per heavy atom. The van der Waals surface area contributed by atoms with E-state index in [-0.39, 0.29) is 5.43 Å². The van der Waals surface area contributed by atoms with Crippen LogP contribution >= 0.6 is 0 Å². The molecule has 2 heterocycles. The lowest BCUT2D eigenvalue weighted by Crippen LogP contribution is -2.09. The number of hydrogen-bond donors (Lipinski definition) is 0. The number of aromatic nitrogens is 1. The Hall–Kier alpha value is -2.66. The Kier molecular flexibility index (Phi) is 4.68. The highest BCUT2D eigenvalue weighted by molar-refractivity contribution is 5.84. The Balaban J connectivity index is 1.98. The van der Waals surface area contributed by atoms with Crippen molar-refractivity contribution >= 4 is 11.0 Å². The molecule has 0 N–H and O–H groups in total. The fourth-order valence-electron chi connectivity index (χ4n) is 2.30. The van der Waals surface area contributed by atoms with Gasteiger partial charge in [-0.1, -0.05) is 6.07 Å². The lowest BCUT2D eigenvalue weighted by atomic mass is 10.1. The second-order valence-corrected chi connectivity index (χ2v) is 4.89. The molecule has 0 unspecified atom stereocenters. The smallest absolute Gasteiger partial charge is 0.197 e. The molecule has 0 aliphatic heterocycles. The molecule has 5 nitrogen and oxygen atoms in total. The normalized spacial score (nSPS) is 10.8. The lowest BCUT2D eigenvalue weighted by Gasteiger charge is -2.09. The minimum absolute atomic E-state index is 0.142. The number of fused-ring (bicyclic) bond motifs is 1. The van der Waals surface area contributed by atoms with Crippen molar-refractivity contribution < 1.29 is 13.9 Å². The van der Waals surface area contributed by atoms with Crippen molar-refractivity contribution in [1.29, 1.82) is 0 Å². The van der Waals surface area contributed by atoms with Gasteiger partial charge in [0.25, 0.3) is 0 Å². The standard InChI is InChI=1S/C18H17NO4/c1-2-21-9-10-22-15-6-3-7-16-18(15)14(20)11-17(23-16)13-5-4-8-19-12-13/h3-8,11-12H,2,9-10H2,1H3. The van der Waals surface area contributed by atoms with Gasteiger partial charge in [-0.3, -0.25) is 9.78 Å². The summed E-state index contributed by atoms with van der Waals surface area (Å²) in [6.45, 7) is 3.42. The summed E-state index contributed by atoms with van der Waals surface area (Å²) in [5, 5.41) is 0.441. The number of hydrogen-bond acceptors (Lipinski definition) is 5. The van der Waals surface area contributed by atoms with E-state index < -0.39 is 0 Å². The van der Waals surface area contributed by atoms with Crippen molar-refractivity contribution in [2.75, 3.05) is 19.8 Å². The van der Waals surface area contributed by atoms with Crippen LogP contribution < -0.4 is 10.2 Å². The molecule has 0 atom stereocenters. The van der Waals surface area contributed by atoms with E-state index in [2.05, 4.69) is 4.98 Å². The van der Waals surface area contributed by atoms with Crippen LogP contribution in [0.4, 0.5) is 0 Å². The predicted octanol–water partition coefficient (Wildman–Crippen LogP) is 3.27. The van der Waals surface area contributed by atoms with Gasteiger partial charge in [0.15, 0.2) is 5.43 Å². The molecule has 0 saturated carbocycles. The first-order valence-corrected chi connectivity index (χ1v) is 7.47. The summed E-state index contributed by atoms with van der Waals surface area (Å²) in [6.07, 6.45) is 3.33. The van der Waals surface area contributed by atoms with E-state index in [9.17, 15) is 4.79 Å². The third-order valence-electron chi connectivity index (χ3n) is 3.35. The van der Waals surface area contributed by atoms with Crippen molar-refractivity contribution in [1.82, 2.24) is 4.98 Å². The van der Waals surface area contributed by atoms with Crippen molar-refractivity contribution in [2.45, 2.75) is 6.92 Å². The van der Waals surface area contributed by atoms with Gasteiger partial charge in [0, 0.05) is 30.6 Å². The molecule has 0 spiro atoms. The summed E-state index contributed by atoms with van der Waals surface area (Å²) < 4.78 is 16.7. The summed E-state index contributed by atoms with van der Waals surface area (Å²) in [5.41, 5.74) is 1.11. The van der Waals surface area contributed by atoms with E-state index in [1.54, 1.807) is 36.7 Å². The van der Waals surface area contributed by atoms with Gasteiger partial charge in [0.2, 0.25) is 0 Å². The monoisotopic (exact) mass is 311 g/mol. The van der Waals surface area contributed by atoms with Gasteiger partial charge in [0.1, 0.15) is 29.1 Å². The molecule has 3 rings (SSSR count). The van der Waals surface area contributed by atoms with E-state index >= 15 is 0 Å². The molecule has 118 valence electrons. The van der Waals surface area contributed by atoms with Crippen LogP contribution in [0.2, 0.25) is 0 Å². The Labute approximate surface area is 133 Å². The first-order valence-electron chi connectivity index (χ1n) is 7.47. The van der Waals surface area contributed by atoms with E-state index in [1.807, 2.05) is 13.0 Å². The molecular formula is C18H17NO4. The minimum Gasteiger partial charge on any atom is -0.490 e. The topological polar surface area (TPSA) is 61.6 Å². The molecule has 0 amide bonds. The van der Waals surface area contributed by atoms with Gasteiger partial charge >= 0.3 is 0 Å². The fourth-order valence-corrected chi connectivity index (χ4v) is 2.30. The summed E-state index contributed by atoms with van der Waals surface area (Å²) in [6, 6.07) is 10.4. The number of benzene rings is 1. The Bertz CT molecular complexity index is 843. The maximum Gasteiger partial charge on any atom is 0.197 e. The highest BCUT2D eigenvalue weighted by Gasteiger charge is 2.11. The molecule has 0 aliphatic rings. The van der Waals surface area contributed by atoms with Gasteiger partial charge in [-0.15, -0.1) is 0 Å². The quantitative estimate of drug-likeness (QED) is 0.654. The molecule has 0 saturated heterocycles. The van der Waals surface area contributed by atoms with Crippen LogP contribution in [0.1, 0.15) is 6.92 Å². The minimum atomic E-state index is -0.142. The zero-order valence-electron chi connectivity index (χ0n) is 12.8. The van der Waals surface area contributed by atoms with E-state index in [0.717, 1.165) is 5.56 Å². The first-order chi connectivity index (χ1) is 11.3. The molecular weight excluding hydrogens is 294 g/mol.